The van der Waals surface area contributed by atoms with Crippen LogP contribution < -0.4 is 15.0 Å². The van der Waals surface area contributed by atoms with Crippen LogP contribution in [0, 0.1) is 0 Å². The van der Waals surface area contributed by atoms with Gasteiger partial charge in [0.25, 0.3) is 5.91 Å². The number of anilines is 1. The monoisotopic (exact) mass is 425 g/mol. The van der Waals surface area contributed by atoms with E-state index in [1.165, 1.54) is 24.3 Å². The van der Waals surface area contributed by atoms with Crippen LogP contribution in [0.25, 0.3) is 0 Å². The van der Waals surface area contributed by atoms with Gasteiger partial charge >= 0.3 is 11.5 Å². The number of amides is 3. The van der Waals surface area contributed by atoms with Crippen molar-refractivity contribution in [1.29, 1.82) is 0 Å². The first-order valence-corrected chi connectivity index (χ1v) is 9.53. The number of halogens is 3. The van der Waals surface area contributed by atoms with Crippen molar-refractivity contribution in [3.05, 3.63) is 48.2 Å². The normalized spacial score (nSPS) is 19.4. The predicted octanol–water partition coefficient (Wildman–Crippen LogP) is 4.15. The van der Waals surface area contributed by atoms with Crippen molar-refractivity contribution in [2.24, 2.45) is 0 Å². The Morgan fingerprint density at radius 1 is 1.21 bits per heavy atom. The molecule has 1 aromatic carbocycles. The number of benzene rings is 1. The summed E-state index contributed by atoms with van der Waals surface area (Å²) in [6.45, 7) is 3.87. The number of nitrogens with one attached hydrogen (secondary N) is 1. The molecule has 2 heterocycles. The molecule has 2 aromatic rings. The van der Waals surface area contributed by atoms with E-state index in [1.807, 2.05) is 6.92 Å². The summed E-state index contributed by atoms with van der Waals surface area (Å²) in [5.74, 6) is -0.0755. The average Bonchev–Trinajstić information content (AvgIpc) is 2.84. The summed E-state index contributed by atoms with van der Waals surface area (Å²) >= 11 is -0.261. The van der Waals surface area contributed by atoms with Crippen LogP contribution in [0.2, 0.25) is 0 Å². The average molecular weight is 425 g/mol. The Labute approximate surface area is 169 Å². The molecule has 1 atom stereocenters. The first kappa shape index (κ1) is 21.0. The lowest BCUT2D eigenvalue weighted by Crippen LogP contribution is -2.46. The summed E-state index contributed by atoms with van der Waals surface area (Å²) < 4.78 is 42.8. The zero-order valence-corrected chi connectivity index (χ0v) is 16.4. The first-order chi connectivity index (χ1) is 13.6. The number of aromatic nitrogens is 1. The lowest BCUT2D eigenvalue weighted by molar-refractivity contribution is -0.121. The van der Waals surface area contributed by atoms with Gasteiger partial charge in [-0.3, -0.25) is 4.79 Å². The van der Waals surface area contributed by atoms with Crippen LogP contribution >= 0.6 is 11.8 Å². The second-order valence-corrected chi connectivity index (χ2v) is 7.70. The summed E-state index contributed by atoms with van der Waals surface area (Å²) in [7, 11) is 0. The maximum absolute atomic E-state index is 13.0. The number of carbonyl (C=O) groups excluding carboxylic acids is 2. The van der Waals surface area contributed by atoms with Crippen LogP contribution in [0.3, 0.4) is 0 Å². The zero-order chi connectivity index (χ0) is 21.2. The van der Waals surface area contributed by atoms with Crippen LogP contribution in [0.15, 0.2) is 47.5 Å². The molecule has 1 aromatic heterocycles. The Hall–Kier alpha value is -2.75. The third-order valence-corrected chi connectivity index (χ3v) is 4.98. The summed E-state index contributed by atoms with van der Waals surface area (Å²) in [5, 5.41) is 2.67. The lowest BCUT2D eigenvalue weighted by Gasteiger charge is -2.22. The number of hydrogen-bond acceptors (Lipinski definition) is 5. The van der Waals surface area contributed by atoms with E-state index < -0.39 is 23.0 Å². The second-order valence-electron chi connectivity index (χ2n) is 6.56. The van der Waals surface area contributed by atoms with Crippen molar-refractivity contribution in [2.75, 3.05) is 11.5 Å². The SMILES string of the molecule is CCOc1cc(CC2(C)NC(=O)N(c3ccc(SC(F)(F)F)cc3)C2=O)ccn1. The highest BCUT2D eigenvalue weighted by Gasteiger charge is 2.48. The topological polar surface area (TPSA) is 71.5 Å². The van der Waals surface area contributed by atoms with Gasteiger partial charge in [0.1, 0.15) is 5.54 Å². The van der Waals surface area contributed by atoms with Gasteiger partial charge in [0.2, 0.25) is 5.88 Å². The van der Waals surface area contributed by atoms with E-state index >= 15 is 0 Å². The number of ether oxygens (including phenoxy) is 1. The minimum atomic E-state index is -4.41. The number of imide groups is 1. The van der Waals surface area contributed by atoms with Gasteiger partial charge in [0.15, 0.2) is 0 Å². The van der Waals surface area contributed by atoms with Crippen molar-refractivity contribution >= 4 is 29.4 Å². The molecule has 0 saturated carbocycles. The van der Waals surface area contributed by atoms with Crippen LogP contribution in [0.1, 0.15) is 19.4 Å². The smallest absolute Gasteiger partial charge is 0.446 e. The third kappa shape index (κ3) is 4.81. The van der Waals surface area contributed by atoms with E-state index in [9.17, 15) is 22.8 Å². The molecule has 1 saturated heterocycles. The first-order valence-electron chi connectivity index (χ1n) is 8.71. The van der Waals surface area contributed by atoms with E-state index in [2.05, 4.69) is 10.3 Å². The highest BCUT2D eigenvalue weighted by Crippen LogP contribution is 2.38. The number of pyridine rings is 1. The van der Waals surface area contributed by atoms with Crippen molar-refractivity contribution in [3.63, 3.8) is 0 Å². The van der Waals surface area contributed by atoms with Crippen molar-refractivity contribution in [2.45, 2.75) is 36.2 Å². The molecule has 0 spiro atoms. The van der Waals surface area contributed by atoms with Gasteiger partial charge in [-0.2, -0.15) is 13.2 Å². The molecule has 10 heteroatoms. The summed E-state index contributed by atoms with van der Waals surface area (Å²) in [4.78, 5) is 30.4. The Balaban J connectivity index is 1.79. The minimum Gasteiger partial charge on any atom is -0.478 e. The number of carbonyl (C=O) groups is 2. The zero-order valence-electron chi connectivity index (χ0n) is 15.6. The fourth-order valence-electron chi connectivity index (χ4n) is 3.03. The Morgan fingerprint density at radius 2 is 1.90 bits per heavy atom. The molecule has 1 fully saturated rings. The van der Waals surface area contributed by atoms with Crippen molar-refractivity contribution < 1.29 is 27.5 Å². The Bertz CT molecular complexity index is 921. The van der Waals surface area contributed by atoms with E-state index in [1.54, 1.807) is 25.3 Å². The predicted molar refractivity (Wildman–Crippen MR) is 102 cm³/mol. The minimum absolute atomic E-state index is 0.0312. The lowest BCUT2D eigenvalue weighted by atomic mass is 9.93. The van der Waals surface area contributed by atoms with Gasteiger partial charge < -0.3 is 10.1 Å². The molecule has 0 radical (unpaired) electrons. The molecule has 1 aliphatic rings. The highest BCUT2D eigenvalue weighted by molar-refractivity contribution is 8.00. The molecular weight excluding hydrogens is 407 g/mol. The van der Waals surface area contributed by atoms with E-state index in [0.29, 0.717) is 12.5 Å². The van der Waals surface area contributed by atoms with E-state index in [-0.39, 0.29) is 28.8 Å². The van der Waals surface area contributed by atoms with Crippen LogP contribution in [-0.4, -0.2) is 34.6 Å². The van der Waals surface area contributed by atoms with Crippen LogP contribution in [0.5, 0.6) is 5.88 Å². The highest BCUT2D eigenvalue weighted by atomic mass is 32.2. The molecule has 3 rings (SSSR count). The molecule has 1 unspecified atom stereocenters. The molecule has 6 nitrogen and oxygen atoms in total. The molecule has 154 valence electrons. The number of thioether (sulfide) groups is 1. The van der Waals surface area contributed by atoms with Crippen LogP contribution in [0.4, 0.5) is 23.7 Å². The van der Waals surface area contributed by atoms with Gasteiger partial charge in [-0.25, -0.2) is 14.7 Å². The number of rotatable bonds is 6. The fraction of sp³-hybridized carbons (Fsp3) is 0.316. The maximum Gasteiger partial charge on any atom is 0.446 e. The third-order valence-electron chi connectivity index (χ3n) is 4.24. The number of nitrogens with zero attached hydrogens (tertiary/aromatic N) is 2. The Morgan fingerprint density at radius 3 is 2.52 bits per heavy atom. The van der Waals surface area contributed by atoms with Crippen molar-refractivity contribution in [3.8, 4) is 5.88 Å². The van der Waals surface area contributed by atoms with Gasteiger partial charge in [-0.15, -0.1) is 0 Å². The molecular formula is C19H18F3N3O3S. The van der Waals surface area contributed by atoms with Crippen LogP contribution in [-0.2, 0) is 11.2 Å². The van der Waals surface area contributed by atoms with Gasteiger partial charge in [0, 0.05) is 23.6 Å². The summed E-state index contributed by atoms with van der Waals surface area (Å²) in [6.07, 6.45) is 1.76. The van der Waals surface area contributed by atoms with E-state index in [0.717, 1.165) is 10.5 Å². The largest absolute Gasteiger partial charge is 0.478 e. The summed E-state index contributed by atoms with van der Waals surface area (Å²) in [5.41, 5.74) is -4.67. The van der Waals surface area contributed by atoms with Crippen molar-refractivity contribution in [1.82, 2.24) is 10.3 Å². The molecule has 0 aliphatic carbocycles. The van der Waals surface area contributed by atoms with E-state index in [4.69, 9.17) is 4.74 Å². The van der Waals surface area contributed by atoms with Gasteiger partial charge in [0.05, 0.1) is 12.3 Å². The molecule has 29 heavy (non-hydrogen) atoms. The van der Waals surface area contributed by atoms with Gasteiger partial charge in [-0.05, 0) is 61.5 Å². The number of urea groups is 1. The Kier molecular flexibility index (Phi) is 5.74. The number of hydrogen-bond donors (Lipinski definition) is 1. The second kappa shape index (κ2) is 7.94. The molecule has 1 aliphatic heterocycles. The fourth-order valence-corrected chi connectivity index (χ4v) is 3.57. The quantitative estimate of drug-likeness (QED) is 0.556. The van der Waals surface area contributed by atoms with Gasteiger partial charge in [-0.1, -0.05) is 0 Å². The standard InChI is InChI=1S/C19H18F3N3O3S/c1-3-28-15-10-12(8-9-23-15)11-18(2)16(26)25(17(27)24-18)13-4-6-14(7-5-13)29-19(20,21)22/h4-10H,3,11H2,1-2H3,(H,24,27). The number of alkyl halides is 3. The molecule has 1 N–H and O–H groups in total. The molecule has 0 bridgehead atoms. The molecule has 3 amide bonds. The summed E-state index contributed by atoms with van der Waals surface area (Å²) in [6, 6.07) is 7.86. The maximum atomic E-state index is 13.0.